The average Bonchev–Trinajstić information content (AvgIpc) is 3.13. The number of nitrogens with one attached hydrogen (secondary N) is 2. The van der Waals surface area contributed by atoms with Crippen molar-refractivity contribution < 1.29 is 23.2 Å². The molecule has 2 bridgehead atoms. The molecule has 0 aromatic heterocycles. The number of amides is 1. The number of carbonyl (C=O) groups is 1. The second-order valence-corrected chi connectivity index (χ2v) is 15.5. The highest BCUT2D eigenvalue weighted by Crippen LogP contribution is 2.47. The van der Waals surface area contributed by atoms with Crippen molar-refractivity contribution in [2.75, 3.05) is 44.9 Å². The summed E-state index contributed by atoms with van der Waals surface area (Å²) in [6.45, 7) is 5.38. The van der Waals surface area contributed by atoms with Gasteiger partial charge in [-0.3, -0.25) is 9.52 Å². The maximum atomic E-state index is 13.4. The summed E-state index contributed by atoms with van der Waals surface area (Å²) in [5, 5.41) is 0.761. The van der Waals surface area contributed by atoms with Crippen LogP contribution in [0.1, 0.15) is 66.9 Å². The molecule has 4 aliphatic rings. The Morgan fingerprint density at radius 3 is 2.87 bits per heavy atom. The lowest BCUT2D eigenvalue weighted by molar-refractivity contribution is -0.0195. The highest BCUT2D eigenvalue weighted by Gasteiger charge is 2.44. The number of methoxy groups -OCH3 is 1. The molecule has 244 valence electrons. The Hall–Kier alpha value is -2.56. The van der Waals surface area contributed by atoms with Gasteiger partial charge in [-0.2, -0.15) is 0 Å². The molecule has 45 heavy (non-hydrogen) atoms. The molecular weight excluding hydrogens is 610 g/mol. The molecular formula is C35H46ClN3O5S. The van der Waals surface area contributed by atoms with Crippen LogP contribution in [0.3, 0.4) is 0 Å². The summed E-state index contributed by atoms with van der Waals surface area (Å²) in [7, 11) is -1.37. The van der Waals surface area contributed by atoms with E-state index in [1.54, 1.807) is 13.2 Å². The largest absolute Gasteiger partial charge is 0.490 e. The fourth-order valence-corrected chi connectivity index (χ4v) is 8.98. The van der Waals surface area contributed by atoms with Crippen LogP contribution < -0.4 is 19.1 Å². The summed E-state index contributed by atoms with van der Waals surface area (Å²) in [4.78, 5) is 15.9. The van der Waals surface area contributed by atoms with Crippen LogP contribution in [0.5, 0.6) is 5.75 Å². The highest BCUT2D eigenvalue weighted by atomic mass is 35.5. The standard InChI is InChI=1S/C35H46ClN3O5S/c1-24-7-4-9-32(43-18-6-17-42-2)29-13-10-27(29)21-39-22-35(16-5-8-25-19-28(36)12-14-30(25)35)23-44-33-15-11-26(20-31(33)39)34(40)38-45(3,41)37-24/h4,9,11-12,14-15,19-20,24,27,29,32H,3,5-8,10,13,16-18,21-23H2,1-2H3,(H2,37,38,40,41)/b9-4+/t24-,27-,29+,32-,35-,45?/m0/s1. The van der Waals surface area contributed by atoms with Crippen LogP contribution in [-0.4, -0.2) is 68.2 Å². The Balaban J connectivity index is 1.38. The SMILES string of the molecule is C=S1(=O)NC(=O)c2ccc3c(c2)N(C[C@@H]2CC[C@H]2[C@@H](OCCCOC)/C=C/C[C@H](C)N1)C[C@@]1(CCCc2cc(Cl)ccc21)CO3. The predicted molar refractivity (Wildman–Crippen MR) is 182 cm³/mol. The average molecular weight is 656 g/mol. The molecule has 1 spiro atoms. The van der Waals surface area contributed by atoms with Gasteiger partial charge in [-0.1, -0.05) is 29.8 Å². The number of hydrogen-bond donors (Lipinski definition) is 2. The zero-order valence-electron chi connectivity index (χ0n) is 26.4. The van der Waals surface area contributed by atoms with Crippen LogP contribution in [-0.2, 0) is 31.2 Å². The minimum atomic E-state index is -3.08. The molecule has 0 radical (unpaired) electrons. The van der Waals surface area contributed by atoms with Crippen molar-refractivity contribution in [3.05, 3.63) is 70.3 Å². The molecule has 2 N–H and O–H groups in total. The van der Waals surface area contributed by atoms with E-state index in [-0.39, 0.29) is 17.6 Å². The zero-order valence-corrected chi connectivity index (χ0v) is 28.0. The van der Waals surface area contributed by atoms with E-state index < -0.39 is 15.8 Å². The molecule has 6 rings (SSSR count). The second-order valence-electron chi connectivity index (χ2n) is 13.3. The topological polar surface area (TPSA) is 89.1 Å². The van der Waals surface area contributed by atoms with Crippen molar-refractivity contribution >= 4 is 39.0 Å². The Morgan fingerprint density at radius 2 is 2.07 bits per heavy atom. The number of fused-ring (bicyclic) bond motifs is 4. The molecule has 8 nitrogen and oxygen atoms in total. The van der Waals surface area contributed by atoms with Crippen LogP contribution in [0.15, 0.2) is 48.6 Å². The first-order valence-corrected chi connectivity index (χ1v) is 18.3. The number of rotatable bonds is 5. The molecule has 2 aromatic carbocycles. The fraction of sp³-hybridized carbons (Fsp3) is 0.543. The van der Waals surface area contributed by atoms with Gasteiger partial charge in [0.15, 0.2) is 0 Å². The molecule has 6 atom stereocenters. The van der Waals surface area contributed by atoms with Crippen molar-refractivity contribution in [1.29, 1.82) is 0 Å². The van der Waals surface area contributed by atoms with Crippen LogP contribution in [0, 0.1) is 11.8 Å². The first kappa shape index (κ1) is 32.4. The molecule has 2 aromatic rings. The lowest BCUT2D eigenvalue weighted by Gasteiger charge is -2.46. The van der Waals surface area contributed by atoms with E-state index in [1.165, 1.54) is 11.1 Å². The minimum absolute atomic E-state index is 0.0231. The number of nitrogens with zero attached hydrogens (tertiary/aromatic N) is 1. The number of aryl methyl sites for hydroxylation is 1. The van der Waals surface area contributed by atoms with E-state index in [9.17, 15) is 9.00 Å². The van der Waals surface area contributed by atoms with E-state index in [4.69, 9.17) is 25.8 Å². The van der Waals surface area contributed by atoms with E-state index >= 15 is 0 Å². The molecule has 2 aliphatic heterocycles. The van der Waals surface area contributed by atoms with Gasteiger partial charge in [0.25, 0.3) is 5.91 Å². The molecule has 1 fully saturated rings. The number of carbonyl (C=O) groups excluding carboxylic acids is 1. The summed E-state index contributed by atoms with van der Waals surface area (Å²) in [5.74, 6) is 4.93. The first-order chi connectivity index (χ1) is 21.7. The van der Waals surface area contributed by atoms with E-state index in [0.717, 1.165) is 68.1 Å². The van der Waals surface area contributed by atoms with Crippen LogP contribution >= 0.6 is 11.6 Å². The summed E-state index contributed by atoms with van der Waals surface area (Å²) in [6, 6.07) is 11.7. The summed E-state index contributed by atoms with van der Waals surface area (Å²) in [5.41, 5.74) is 3.71. The zero-order chi connectivity index (χ0) is 31.6. The number of anilines is 1. The summed E-state index contributed by atoms with van der Waals surface area (Å²) in [6.07, 6.45) is 11.0. The van der Waals surface area contributed by atoms with Gasteiger partial charge in [-0.25, -0.2) is 8.93 Å². The molecule has 10 heteroatoms. The van der Waals surface area contributed by atoms with Gasteiger partial charge in [0, 0.05) is 55.5 Å². The number of halogens is 1. The van der Waals surface area contributed by atoms with E-state index in [0.29, 0.717) is 43.6 Å². The number of benzene rings is 2. The maximum absolute atomic E-state index is 13.4. The molecule has 1 unspecified atom stereocenters. The van der Waals surface area contributed by atoms with Gasteiger partial charge >= 0.3 is 0 Å². The quantitative estimate of drug-likeness (QED) is 0.252. The van der Waals surface area contributed by atoms with Crippen LogP contribution in [0.2, 0.25) is 5.02 Å². The lowest BCUT2D eigenvalue weighted by Crippen LogP contribution is -2.49. The van der Waals surface area contributed by atoms with Gasteiger partial charge in [0.2, 0.25) is 0 Å². The molecule has 1 amide bonds. The van der Waals surface area contributed by atoms with Crippen molar-refractivity contribution in [2.45, 2.75) is 69.4 Å². The van der Waals surface area contributed by atoms with Gasteiger partial charge in [-0.05, 0) is 111 Å². The Kier molecular flexibility index (Phi) is 9.83. The predicted octanol–water partition coefficient (Wildman–Crippen LogP) is 5.48. The second kappa shape index (κ2) is 13.7. The molecule has 0 saturated heterocycles. The summed E-state index contributed by atoms with van der Waals surface area (Å²) >= 11 is 6.44. The fourth-order valence-electron chi connectivity index (χ4n) is 7.56. The number of hydrogen-bond acceptors (Lipinski definition) is 6. The van der Waals surface area contributed by atoms with Gasteiger partial charge in [0.05, 0.1) is 18.4 Å². The third-order valence-electron chi connectivity index (χ3n) is 9.92. The molecule has 2 aliphatic carbocycles. The van der Waals surface area contributed by atoms with Gasteiger partial charge in [0.1, 0.15) is 15.6 Å². The Labute approximate surface area is 273 Å². The Morgan fingerprint density at radius 1 is 1.20 bits per heavy atom. The Bertz CT molecular complexity index is 1530. The van der Waals surface area contributed by atoms with Crippen LogP contribution in [0.25, 0.3) is 0 Å². The van der Waals surface area contributed by atoms with Crippen molar-refractivity contribution in [2.24, 2.45) is 11.8 Å². The number of ether oxygens (including phenoxy) is 3. The third kappa shape index (κ3) is 7.23. The minimum Gasteiger partial charge on any atom is -0.490 e. The maximum Gasteiger partial charge on any atom is 0.263 e. The summed E-state index contributed by atoms with van der Waals surface area (Å²) < 4.78 is 37.4. The molecule has 2 heterocycles. The van der Waals surface area contributed by atoms with E-state index in [2.05, 4.69) is 44.5 Å². The lowest BCUT2D eigenvalue weighted by atomic mass is 9.68. The van der Waals surface area contributed by atoms with Crippen molar-refractivity contribution in [3.63, 3.8) is 0 Å². The van der Waals surface area contributed by atoms with Crippen molar-refractivity contribution in [3.8, 4) is 5.75 Å². The van der Waals surface area contributed by atoms with Gasteiger partial charge in [-0.15, -0.1) is 0 Å². The normalized spacial score (nSPS) is 32.3. The van der Waals surface area contributed by atoms with Crippen LogP contribution in [0.4, 0.5) is 5.69 Å². The highest BCUT2D eigenvalue weighted by molar-refractivity contribution is 7.97. The monoisotopic (exact) mass is 655 g/mol. The smallest absolute Gasteiger partial charge is 0.263 e. The van der Waals surface area contributed by atoms with Gasteiger partial charge < -0.3 is 19.1 Å². The van der Waals surface area contributed by atoms with Crippen molar-refractivity contribution in [1.82, 2.24) is 9.44 Å². The third-order valence-corrected chi connectivity index (χ3v) is 11.5. The molecule has 1 saturated carbocycles. The van der Waals surface area contributed by atoms with E-state index in [1.807, 2.05) is 25.1 Å². The first-order valence-electron chi connectivity index (χ1n) is 16.2.